The molecule has 0 aliphatic carbocycles. The van der Waals surface area contributed by atoms with Gasteiger partial charge in [0.15, 0.2) is 0 Å². The maximum absolute atomic E-state index is 9.24. The Bertz CT molecular complexity index is 328. The maximum Gasteiger partial charge on any atom is 0.115 e. The molecule has 1 fully saturated rings. The predicted molar refractivity (Wildman–Crippen MR) is 63.7 cm³/mol. The third kappa shape index (κ3) is 2.54. The van der Waals surface area contributed by atoms with E-state index in [1.54, 1.807) is 19.2 Å². The van der Waals surface area contributed by atoms with Gasteiger partial charge in [-0.1, -0.05) is 12.1 Å². The molecule has 0 spiro atoms. The summed E-state index contributed by atoms with van der Waals surface area (Å²) in [6.45, 7) is 2.04. The van der Waals surface area contributed by atoms with Crippen LogP contribution in [0.25, 0.3) is 0 Å². The topological polar surface area (TPSA) is 41.5 Å². The van der Waals surface area contributed by atoms with Crippen LogP contribution in [0.3, 0.4) is 0 Å². The number of aromatic hydroxyl groups is 1. The quantitative estimate of drug-likeness (QED) is 0.816. The summed E-state index contributed by atoms with van der Waals surface area (Å²) in [5, 5.41) is 12.6. The van der Waals surface area contributed by atoms with Crippen molar-refractivity contribution in [3.8, 4) is 5.75 Å². The van der Waals surface area contributed by atoms with Crippen molar-refractivity contribution in [2.75, 3.05) is 20.2 Å². The first kappa shape index (κ1) is 11.4. The molecule has 2 N–H and O–H groups in total. The molecule has 3 nitrogen and oxygen atoms in total. The first-order valence-corrected chi connectivity index (χ1v) is 5.78. The van der Waals surface area contributed by atoms with E-state index in [9.17, 15) is 5.11 Å². The number of hydrogen-bond donors (Lipinski definition) is 2. The van der Waals surface area contributed by atoms with E-state index in [0.29, 0.717) is 5.75 Å². The fourth-order valence-electron chi connectivity index (χ4n) is 2.32. The zero-order valence-electron chi connectivity index (χ0n) is 9.70. The van der Waals surface area contributed by atoms with Crippen LogP contribution in [0.1, 0.15) is 18.4 Å². The van der Waals surface area contributed by atoms with E-state index in [2.05, 4.69) is 5.32 Å². The van der Waals surface area contributed by atoms with Crippen LogP contribution in [0.4, 0.5) is 0 Å². The minimum atomic E-state index is -0.0256. The summed E-state index contributed by atoms with van der Waals surface area (Å²) in [6, 6.07) is 7.41. The summed E-state index contributed by atoms with van der Waals surface area (Å²) in [7, 11) is 1.80. The summed E-state index contributed by atoms with van der Waals surface area (Å²) in [6.07, 6.45) is 3.01. The van der Waals surface area contributed by atoms with Crippen LogP contribution >= 0.6 is 0 Å². The normalized spacial score (nSPS) is 19.6. The molecule has 88 valence electrons. The third-order valence-corrected chi connectivity index (χ3v) is 3.41. The van der Waals surface area contributed by atoms with Gasteiger partial charge in [-0.15, -0.1) is 0 Å². The molecule has 1 heterocycles. The molecule has 0 aromatic heterocycles. The van der Waals surface area contributed by atoms with Gasteiger partial charge in [0.05, 0.1) is 5.60 Å². The third-order valence-electron chi connectivity index (χ3n) is 3.41. The molecule has 0 radical (unpaired) electrons. The van der Waals surface area contributed by atoms with Gasteiger partial charge in [0, 0.05) is 13.5 Å². The lowest BCUT2D eigenvalue weighted by molar-refractivity contribution is -0.0333. The molecule has 1 aromatic carbocycles. The standard InChI is InChI=1S/C13H19NO2/c1-16-13(6-8-14-9-7-13)10-11-2-4-12(15)5-3-11/h2-5,14-15H,6-10H2,1H3. The second-order valence-corrected chi connectivity index (χ2v) is 4.48. The summed E-state index contributed by atoms with van der Waals surface area (Å²) in [4.78, 5) is 0. The Balaban J connectivity index is 2.08. The van der Waals surface area contributed by atoms with Gasteiger partial charge in [-0.3, -0.25) is 0 Å². The summed E-state index contributed by atoms with van der Waals surface area (Å²) in [5.74, 6) is 0.320. The average molecular weight is 221 g/mol. The van der Waals surface area contributed by atoms with Crippen LogP contribution in [-0.2, 0) is 11.2 Å². The van der Waals surface area contributed by atoms with Crippen molar-refractivity contribution in [1.29, 1.82) is 0 Å². The molecule has 0 amide bonds. The molecule has 3 heteroatoms. The lowest BCUT2D eigenvalue weighted by Crippen LogP contribution is -2.44. The zero-order valence-corrected chi connectivity index (χ0v) is 9.70. The number of nitrogens with one attached hydrogen (secondary N) is 1. The van der Waals surface area contributed by atoms with Crippen LogP contribution in [0, 0.1) is 0 Å². The molecular formula is C13H19NO2. The molecule has 1 saturated heterocycles. The highest BCUT2D eigenvalue weighted by atomic mass is 16.5. The van der Waals surface area contributed by atoms with Gasteiger partial charge in [0.1, 0.15) is 5.75 Å². The van der Waals surface area contributed by atoms with Gasteiger partial charge in [-0.05, 0) is 43.6 Å². The Morgan fingerprint density at radius 2 is 1.88 bits per heavy atom. The molecule has 1 aliphatic rings. The van der Waals surface area contributed by atoms with Crippen molar-refractivity contribution in [3.05, 3.63) is 29.8 Å². The number of benzene rings is 1. The minimum Gasteiger partial charge on any atom is -0.508 e. The molecular weight excluding hydrogens is 202 g/mol. The van der Waals surface area contributed by atoms with Gasteiger partial charge < -0.3 is 15.2 Å². The van der Waals surface area contributed by atoms with Crippen molar-refractivity contribution >= 4 is 0 Å². The largest absolute Gasteiger partial charge is 0.508 e. The number of piperidine rings is 1. The highest BCUT2D eigenvalue weighted by molar-refractivity contribution is 5.27. The fourth-order valence-corrected chi connectivity index (χ4v) is 2.32. The van der Waals surface area contributed by atoms with E-state index in [1.165, 1.54) is 5.56 Å². The molecule has 0 atom stereocenters. The first-order valence-electron chi connectivity index (χ1n) is 5.78. The Morgan fingerprint density at radius 3 is 2.44 bits per heavy atom. The van der Waals surface area contributed by atoms with Crippen LogP contribution in [-0.4, -0.2) is 30.9 Å². The van der Waals surface area contributed by atoms with E-state index >= 15 is 0 Å². The molecule has 0 saturated carbocycles. The molecule has 0 unspecified atom stereocenters. The van der Waals surface area contributed by atoms with Crippen molar-refractivity contribution in [2.24, 2.45) is 0 Å². The Kier molecular flexibility index (Phi) is 3.46. The Labute approximate surface area is 96.4 Å². The first-order chi connectivity index (χ1) is 7.74. The van der Waals surface area contributed by atoms with Gasteiger partial charge in [-0.2, -0.15) is 0 Å². The van der Waals surface area contributed by atoms with Gasteiger partial charge in [0.25, 0.3) is 0 Å². The average Bonchev–Trinajstić information content (AvgIpc) is 2.33. The second kappa shape index (κ2) is 4.85. The number of phenols is 1. The van der Waals surface area contributed by atoms with Crippen LogP contribution in [0.5, 0.6) is 5.75 Å². The summed E-state index contributed by atoms with van der Waals surface area (Å²) >= 11 is 0. The molecule has 1 aliphatic heterocycles. The van der Waals surface area contributed by atoms with E-state index < -0.39 is 0 Å². The van der Waals surface area contributed by atoms with E-state index in [-0.39, 0.29) is 5.60 Å². The van der Waals surface area contributed by atoms with Gasteiger partial charge >= 0.3 is 0 Å². The van der Waals surface area contributed by atoms with Gasteiger partial charge in [0.2, 0.25) is 0 Å². The monoisotopic (exact) mass is 221 g/mol. The van der Waals surface area contributed by atoms with E-state index in [1.807, 2.05) is 12.1 Å². The number of ether oxygens (including phenoxy) is 1. The lowest BCUT2D eigenvalue weighted by atomic mass is 9.86. The van der Waals surface area contributed by atoms with Crippen LogP contribution in [0.15, 0.2) is 24.3 Å². The number of methoxy groups -OCH3 is 1. The molecule has 1 aromatic rings. The molecule has 2 rings (SSSR count). The Hall–Kier alpha value is -1.06. The van der Waals surface area contributed by atoms with Crippen molar-refractivity contribution < 1.29 is 9.84 Å². The SMILES string of the molecule is COC1(Cc2ccc(O)cc2)CCNCC1. The second-order valence-electron chi connectivity index (χ2n) is 4.48. The zero-order chi connectivity index (χ0) is 11.4. The highest BCUT2D eigenvalue weighted by Gasteiger charge is 2.31. The predicted octanol–water partition coefficient (Wildman–Crippen LogP) is 1.70. The maximum atomic E-state index is 9.24. The fraction of sp³-hybridized carbons (Fsp3) is 0.538. The molecule has 16 heavy (non-hydrogen) atoms. The highest BCUT2D eigenvalue weighted by Crippen LogP contribution is 2.27. The summed E-state index contributed by atoms with van der Waals surface area (Å²) in [5.41, 5.74) is 1.20. The van der Waals surface area contributed by atoms with Crippen LogP contribution in [0.2, 0.25) is 0 Å². The van der Waals surface area contributed by atoms with Crippen molar-refractivity contribution in [1.82, 2.24) is 5.32 Å². The Morgan fingerprint density at radius 1 is 1.25 bits per heavy atom. The van der Waals surface area contributed by atoms with Gasteiger partial charge in [-0.25, -0.2) is 0 Å². The van der Waals surface area contributed by atoms with E-state index in [4.69, 9.17) is 4.74 Å². The van der Waals surface area contributed by atoms with Crippen molar-refractivity contribution in [2.45, 2.75) is 24.9 Å². The van der Waals surface area contributed by atoms with Crippen molar-refractivity contribution in [3.63, 3.8) is 0 Å². The summed E-state index contributed by atoms with van der Waals surface area (Å²) < 4.78 is 5.71. The number of phenolic OH excluding ortho intramolecular Hbond substituents is 1. The van der Waals surface area contributed by atoms with E-state index in [0.717, 1.165) is 32.4 Å². The number of hydrogen-bond acceptors (Lipinski definition) is 3. The number of rotatable bonds is 3. The lowest BCUT2D eigenvalue weighted by Gasteiger charge is -2.36. The smallest absolute Gasteiger partial charge is 0.115 e. The molecule has 0 bridgehead atoms. The minimum absolute atomic E-state index is 0.0256. The van der Waals surface area contributed by atoms with Crippen LogP contribution < -0.4 is 5.32 Å².